The first kappa shape index (κ1) is 6.91. The van der Waals surface area contributed by atoms with Crippen molar-refractivity contribution in [2.24, 2.45) is 0 Å². The van der Waals surface area contributed by atoms with E-state index < -0.39 is 0 Å². The Morgan fingerprint density at radius 2 is 1.62 bits per heavy atom. The lowest BCUT2D eigenvalue weighted by Crippen LogP contribution is -2.09. The lowest BCUT2D eigenvalue weighted by molar-refractivity contribution is 0.528. The molecule has 1 fully saturated rings. The zero-order chi connectivity index (χ0) is 5.98. The highest BCUT2D eigenvalue weighted by molar-refractivity contribution is 14.1. The molecular formula is C6H12BI. The van der Waals surface area contributed by atoms with Crippen LogP contribution in [0, 0.1) is 0 Å². The highest BCUT2D eigenvalue weighted by Crippen LogP contribution is 2.30. The van der Waals surface area contributed by atoms with Gasteiger partial charge in [0.05, 0.1) is 0 Å². The summed E-state index contributed by atoms with van der Waals surface area (Å²) in [5.41, 5.74) is 0. The number of halogens is 1. The zero-order valence-electron chi connectivity index (χ0n) is 5.36. The number of hydrogen-bond donors (Lipinski definition) is 0. The lowest BCUT2D eigenvalue weighted by Gasteiger charge is -2.21. The molecule has 0 spiro atoms. The van der Waals surface area contributed by atoms with Gasteiger partial charge in [-0.1, -0.05) is 41.2 Å². The molecule has 0 aliphatic heterocycles. The molecule has 0 radical (unpaired) electrons. The van der Waals surface area contributed by atoms with Crippen LogP contribution in [-0.4, -0.2) is 11.8 Å². The van der Waals surface area contributed by atoms with E-state index in [1.54, 1.807) is 0 Å². The van der Waals surface area contributed by atoms with Crippen LogP contribution in [0.3, 0.4) is 0 Å². The molecule has 0 nitrogen and oxygen atoms in total. The topological polar surface area (TPSA) is 0 Å². The number of alkyl halides is 1. The lowest BCUT2D eigenvalue weighted by atomic mass is 9.76. The molecule has 1 aliphatic carbocycles. The van der Waals surface area contributed by atoms with Gasteiger partial charge in [0.25, 0.3) is 0 Å². The number of hydrogen-bond acceptors (Lipinski definition) is 0. The average Bonchev–Trinajstić information content (AvgIpc) is 1.77. The molecule has 0 saturated heterocycles. The van der Waals surface area contributed by atoms with Gasteiger partial charge in [0, 0.05) is 3.92 Å². The van der Waals surface area contributed by atoms with Crippen molar-refractivity contribution in [2.75, 3.05) is 0 Å². The quantitative estimate of drug-likeness (QED) is 0.333. The van der Waals surface area contributed by atoms with E-state index in [1.165, 1.54) is 25.7 Å². The van der Waals surface area contributed by atoms with Crippen molar-refractivity contribution >= 4 is 30.4 Å². The minimum Gasteiger partial charge on any atom is -0.0826 e. The molecule has 0 bridgehead atoms. The van der Waals surface area contributed by atoms with E-state index >= 15 is 0 Å². The van der Waals surface area contributed by atoms with Gasteiger partial charge in [-0.3, -0.25) is 0 Å². The Balaban J connectivity index is 2.19. The summed E-state index contributed by atoms with van der Waals surface area (Å²) in [6, 6.07) is 0. The molecule has 0 N–H and O–H groups in total. The first-order valence-corrected chi connectivity index (χ1v) is 4.67. The van der Waals surface area contributed by atoms with E-state index in [4.69, 9.17) is 0 Å². The maximum absolute atomic E-state index is 2.57. The predicted molar refractivity (Wildman–Crippen MR) is 48.6 cm³/mol. The minimum atomic E-state index is 0.990. The van der Waals surface area contributed by atoms with Crippen molar-refractivity contribution in [1.82, 2.24) is 0 Å². The molecule has 1 saturated carbocycles. The highest BCUT2D eigenvalue weighted by atomic mass is 127. The van der Waals surface area contributed by atoms with E-state index in [1.807, 2.05) is 0 Å². The highest BCUT2D eigenvalue weighted by Gasteiger charge is 2.14. The van der Waals surface area contributed by atoms with Crippen LogP contribution in [-0.2, 0) is 0 Å². The van der Waals surface area contributed by atoms with Crippen LogP contribution >= 0.6 is 22.6 Å². The Morgan fingerprint density at radius 3 is 2.00 bits per heavy atom. The Labute approximate surface area is 66.0 Å². The average molecular weight is 222 g/mol. The summed E-state index contributed by atoms with van der Waals surface area (Å²) < 4.78 is 0.990. The predicted octanol–water partition coefficient (Wildman–Crippen LogP) is 1.79. The van der Waals surface area contributed by atoms with Gasteiger partial charge >= 0.3 is 0 Å². The van der Waals surface area contributed by atoms with Gasteiger partial charge in [-0.25, -0.2) is 0 Å². The van der Waals surface area contributed by atoms with Gasteiger partial charge in [0.2, 0.25) is 0 Å². The summed E-state index contributed by atoms with van der Waals surface area (Å²) in [4.78, 5) is 0. The molecule has 1 aliphatic rings. The Kier molecular flexibility index (Phi) is 2.67. The normalized spacial score (nSPS) is 39.6. The summed E-state index contributed by atoms with van der Waals surface area (Å²) in [6.07, 6.45) is 5.85. The number of rotatable bonds is 0. The monoisotopic (exact) mass is 222 g/mol. The van der Waals surface area contributed by atoms with E-state index in [-0.39, 0.29) is 0 Å². The maximum Gasteiger partial charge on any atom is 0.105 e. The Hall–Kier alpha value is 0.795. The molecular weight excluding hydrogens is 210 g/mol. The van der Waals surface area contributed by atoms with Gasteiger partial charge in [-0.15, -0.1) is 0 Å². The molecule has 0 aromatic rings. The fourth-order valence-electron chi connectivity index (χ4n) is 1.22. The first-order chi connectivity index (χ1) is 3.79. The largest absolute Gasteiger partial charge is 0.105 e. The Morgan fingerprint density at radius 1 is 1.12 bits per heavy atom. The summed E-state index contributed by atoms with van der Waals surface area (Å²) in [6.45, 7) is 0. The third-order valence-electron chi connectivity index (χ3n) is 1.95. The van der Waals surface area contributed by atoms with E-state index in [2.05, 4.69) is 30.4 Å². The molecule has 0 unspecified atom stereocenters. The second-order valence-corrected chi connectivity index (χ2v) is 4.62. The molecule has 0 heterocycles. The molecule has 1 rings (SSSR count). The molecule has 2 heteroatoms. The summed E-state index contributed by atoms with van der Waals surface area (Å²) in [5, 5.41) is 0. The summed E-state index contributed by atoms with van der Waals surface area (Å²) in [5.74, 6) is 1.01. The fraction of sp³-hybridized carbons (Fsp3) is 1.00. The zero-order valence-corrected chi connectivity index (χ0v) is 7.52. The van der Waals surface area contributed by atoms with E-state index in [0.29, 0.717) is 0 Å². The second-order valence-electron chi connectivity index (χ2n) is 2.86. The van der Waals surface area contributed by atoms with Gasteiger partial charge < -0.3 is 0 Å². The summed E-state index contributed by atoms with van der Waals surface area (Å²) in [7, 11) is 2.36. The molecule has 0 atom stereocenters. The van der Waals surface area contributed by atoms with Gasteiger partial charge in [-0.2, -0.15) is 0 Å². The smallest absolute Gasteiger partial charge is 0.0826 e. The molecule has 0 aromatic carbocycles. The fourth-order valence-corrected chi connectivity index (χ4v) is 1.94. The van der Waals surface area contributed by atoms with Gasteiger partial charge in [0.15, 0.2) is 0 Å². The van der Waals surface area contributed by atoms with Crippen LogP contribution < -0.4 is 0 Å². The van der Waals surface area contributed by atoms with E-state index in [0.717, 1.165) is 9.74 Å². The Bertz CT molecular complexity index is 56.9. The van der Waals surface area contributed by atoms with Crippen molar-refractivity contribution in [3.63, 3.8) is 0 Å². The third kappa shape index (κ3) is 1.96. The van der Waals surface area contributed by atoms with Crippen molar-refractivity contribution in [1.29, 1.82) is 0 Å². The SMILES string of the molecule is BC1CCC(I)CC1. The second kappa shape index (κ2) is 3.09. The van der Waals surface area contributed by atoms with Crippen LogP contribution in [0.15, 0.2) is 0 Å². The summed E-state index contributed by atoms with van der Waals surface area (Å²) >= 11 is 2.57. The van der Waals surface area contributed by atoms with Gasteiger partial charge in [0.1, 0.15) is 7.85 Å². The standard InChI is InChI=1S/C6H12BI/c7-5-1-3-6(8)4-2-5/h5-6H,1-4,7H2. The van der Waals surface area contributed by atoms with Crippen LogP contribution in [0.1, 0.15) is 25.7 Å². The molecule has 0 amide bonds. The van der Waals surface area contributed by atoms with Gasteiger partial charge in [-0.05, 0) is 12.8 Å². The molecule has 46 valence electrons. The van der Waals surface area contributed by atoms with Crippen molar-refractivity contribution in [3.05, 3.63) is 0 Å². The molecule has 8 heavy (non-hydrogen) atoms. The molecule has 0 aromatic heterocycles. The van der Waals surface area contributed by atoms with Crippen molar-refractivity contribution in [2.45, 2.75) is 35.4 Å². The maximum atomic E-state index is 2.57. The first-order valence-electron chi connectivity index (χ1n) is 3.43. The van der Waals surface area contributed by atoms with Crippen LogP contribution in [0.4, 0.5) is 0 Å². The third-order valence-corrected chi connectivity index (χ3v) is 3.19. The van der Waals surface area contributed by atoms with Crippen LogP contribution in [0.25, 0.3) is 0 Å². The van der Waals surface area contributed by atoms with Crippen LogP contribution in [0.2, 0.25) is 5.82 Å². The van der Waals surface area contributed by atoms with Crippen LogP contribution in [0.5, 0.6) is 0 Å². The minimum absolute atomic E-state index is 0.990. The van der Waals surface area contributed by atoms with Crippen molar-refractivity contribution in [3.8, 4) is 0 Å². The van der Waals surface area contributed by atoms with Crippen molar-refractivity contribution < 1.29 is 0 Å². The van der Waals surface area contributed by atoms with E-state index in [9.17, 15) is 0 Å².